The number of hydrogen-bond acceptors (Lipinski definition) is 1. The van der Waals surface area contributed by atoms with Gasteiger partial charge in [-0.1, -0.05) is 15.9 Å². The van der Waals surface area contributed by atoms with Crippen LogP contribution in [0, 0.1) is 6.92 Å². The van der Waals surface area contributed by atoms with Crippen molar-refractivity contribution in [3.05, 3.63) is 26.6 Å². The highest BCUT2D eigenvalue weighted by molar-refractivity contribution is 9.11. The minimum Gasteiger partial charge on any atom is -0.317 e. The minimum atomic E-state index is -4.89. The molecule has 7 heteroatoms. The van der Waals surface area contributed by atoms with Gasteiger partial charge in [-0.3, -0.25) is 4.79 Å². The number of benzene rings is 1. The summed E-state index contributed by atoms with van der Waals surface area (Å²) in [5, 5.41) is 1.81. The average Bonchev–Trinajstić information content (AvgIpc) is 2.08. The second kappa shape index (κ2) is 4.75. The summed E-state index contributed by atoms with van der Waals surface area (Å²) in [6, 6.07) is 3.16. The molecule has 0 aliphatic heterocycles. The molecule has 1 aromatic carbocycles. The second-order valence-electron chi connectivity index (χ2n) is 3.03. The summed E-state index contributed by atoms with van der Waals surface area (Å²) in [5.74, 6) is -1.99. The number of amides is 1. The normalized spacial score (nSPS) is 11.4. The molecule has 0 saturated heterocycles. The van der Waals surface area contributed by atoms with E-state index >= 15 is 0 Å². The van der Waals surface area contributed by atoms with Crippen LogP contribution in [0.2, 0.25) is 0 Å². The summed E-state index contributed by atoms with van der Waals surface area (Å²) in [7, 11) is 0. The van der Waals surface area contributed by atoms with Crippen LogP contribution in [-0.4, -0.2) is 12.1 Å². The molecule has 16 heavy (non-hydrogen) atoms. The van der Waals surface area contributed by atoms with Crippen molar-refractivity contribution in [1.82, 2.24) is 0 Å². The number of alkyl halides is 3. The lowest BCUT2D eigenvalue weighted by Gasteiger charge is -2.12. The number of hydrogen-bond donors (Lipinski definition) is 1. The number of carbonyl (C=O) groups excluding carboxylic acids is 1. The van der Waals surface area contributed by atoms with E-state index in [-0.39, 0.29) is 5.69 Å². The maximum Gasteiger partial charge on any atom is 0.471 e. The Balaban J connectivity index is 3.03. The molecule has 2 nitrogen and oxygen atoms in total. The molecule has 0 atom stereocenters. The van der Waals surface area contributed by atoms with Crippen molar-refractivity contribution in [3.63, 3.8) is 0 Å². The molecule has 0 aliphatic carbocycles. The van der Waals surface area contributed by atoms with Gasteiger partial charge in [-0.15, -0.1) is 0 Å². The Hall–Kier alpha value is -0.560. The summed E-state index contributed by atoms with van der Waals surface area (Å²) < 4.78 is 37.2. The quantitative estimate of drug-likeness (QED) is 0.805. The first-order valence-electron chi connectivity index (χ1n) is 4.05. The van der Waals surface area contributed by atoms with Crippen molar-refractivity contribution in [2.45, 2.75) is 13.1 Å². The molecule has 0 bridgehead atoms. The number of anilines is 1. The van der Waals surface area contributed by atoms with Crippen LogP contribution in [0.15, 0.2) is 21.1 Å². The van der Waals surface area contributed by atoms with Gasteiger partial charge in [-0.05, 0) is 40.5 Å². The smallest absolute Gasteiger partial charge is 0.317 e. The highest BCUT2D eigenvalue weighted by Gasteiger charge is 2.39. The van der Waals surface area contributed by atoms with E-state index in [0.717, 1.165) is 0 Å². The number of aryl methyl sites for hydroxylation is 1. The van der Waals surface area contributed by atoms with Crippen molar-refractivity contribution in [2.75, 3.05) is 5.32 Å². The van der Waals surface area contributed by atoms with Gasteiger partial charge in [0.1, 0.15) is 0 Å². The summed E-state index contributed by atoms with van der Waals surface area (Å²) in [4.78, 5) is 10.8. The molecule has 0 heterocycles. The standard InChI is InChI=1S/C9H6Br2F3NO/c1-4-2-5(10)3-6(11)7(4)15-8(16)9(12,13)14/h2-3H,1H3,(H,15,16). The molecule has 0 unspecified atom stereocenters. The van der Waals surface area contributed by atoms with E-state index in [1.165, 1.54) is 0 Å². The van der Waals surface area contributed by atoms with Gasteiger partial charge in [0.15, 0.2) is 0 Å². The molecule has 88 valence electrons. The Morgan fingerprint density at radius 2 is 1.88 bits per heavy atom. The maximum absolute atomic E-state index is 12.0. The lowest BCUT2D eigenvalue weighted by molar-refractivity contribution is -0.167. The molecule has 1 N–H and O–H groups in total. The Morgan fingerprint density at radius 3 is 2.31 bits per heavy atom. The molecular weight excluding hydrogens is 355 g/mol. The Labute approximate surface area is 106 Å². The first kappa shape index (κ1) is 13.5. The fourth-order valence-electron chi connectivity index (χ4n) is 1.04. The zero-order chi connectivity index (χ0) is 12.5. The molecule has 0 fully saturated rings. The molecule has 0 aromatic heterocycles. The molecule has 1 amide bonds. The predicted octanol–water partition coefficient (Wildman–Crippen LogP) is 4.02. The second-order valence-corrected chi connectivity index (χ2v) is 4.80. The van der Waals surface area contributed by atoms with E-state index in [2.05, 4.69) is 31.9 Å². The number of rotatable bonds is 1. The molecule has 0 spiro atoms. The van der Waals surface area contributed by atoms with E-state index in [1.807, 2.05) is 5.32 Å². The first-order chi connectivity index (χ1) is 7.21. The Morgan fingerprint density at radius 1 is 1.31 bits per heavy atom. The summed E-state index contributed by atoms with van der Waals surface area (Å²) in [5.41, 5.74) is 0.643. The van der Waals surface area contributed by atoms with Crippen LogP contribution < -0.4 is 5.32 Å². The third-order valence-corrected chi connectivity index (χ3v) is 2.83. The van der Waals surface area contributed by atoms with Gasteiger partial charge in [0.2, 0.25) is 0 Å². The fraction of sp³-hybridized carbons (Fsp3) is 0.222. The fourth-order valence-corrected chi connectivity index (χ4v) is 2.58. The van der Waals surface area contributed by atoms with Crippen molar-refractivity contribution >= 4 is 43.5 Å². The van der Waals surface area contributed by atoms with Crippen molar-refractivity contribution in [2.24, 2.45) is 0 Å². The summed E-state index contributed by atoms with van der Waals surface area (Å²) >= 11 is 6.27. The lowest BCUT2D eigenvalue weighted by atomic mass is 10.2. The van der Waals surface area contributed by atoms with Gasteiger partial charge in [-0.25, -0.2) is 0 Å². The predicted molar refractivity (Wildman–Crippen MR) is 61.3 cm³/mol. The van der Waals surface area contributed by atoms with Crippen LogP contribution in [0.4, 0.5) is 18.9 Å². The van der Waals surface area contributed by atoms with E-state index in [0.29, 0.717) is 14.5 Å². The van der Waals surface area contributed by atoms with Gasteiger partial charge >= 0.3 is 12.1 Å². The van der Waals surface area contributed by atoms with E-state index in [4.69, 9.17) is 0 Å². The van der Waals surface area contributed by atoms with Crippen LogP contribution >= 0.6 is 31.9 Å². The number of nitrogens with one attached hydrogen (secondary N) is 1. The lowest BCUT2D eigenvalue weighted by Crippen LogP contribution is -2.30. The first-order valence-corrected chi connectivity index (χ1v) is 5.64. The van der Waals surface area contributed by atoms with Crippen molar-refractivity contribution < 1.29 is 18.0 Å². The highest BCUT2D eigenvalue weighted by Crippen LogP contribution is 2.31. The van der Waals surface area contributed by atoms with Crippen LogP contribution in [0.3, 0.4) is 0 Å². The molecule has 0 aliphatic rings. The van der Waals surface area contributed by atoms with Crippen LogP contribution in [0.1, 0.15) is 5.56 Å². The highest BCUT2D eigenvalue weighted by atomic mass is 79.9. The third kappa shape index (κ3) is 3.21. The molecule has 1 rings (SSSR count). The Bertz CT molecular complexity index is 408. The Kier molecular flexibility index (Phi) is 4.01. The van der Waals surface area contributed by atoms with Gasteiger partial charge in [0, 0.05) is 8.95 Å². The zero-order valence-corrected chi connectivity index (χ0v) is 11.1. The topological polar surface area (TPSA) is 29.1 Å². The summed E-state index contributed by atoms with van der Waals surface area (Å²) in [6.45, 7) is 1.60. The monoisotopic (exact) mass is 359 g/mol. The van der Waals surface area contributed by atoms with Gasteiger partial charge in [0.05, 0.1) is 5.69 Å². The van der Waals surface area contributed by atoms with Crippen LogP contribution in [0.5, 0.6) is 0 Å². The molecule has 0 saturated carbocycles. The van der Waals surface area contributed by atoms with Gasteiger partial charge in [0.25, 0.3) is 0 Å². The van der Waals surface area contributed by atoms with Crippen LogP contribution in [-0.2, 0) is 4.79 Å². The van der Waals surface area contributed by atoms with Gasteiger partial charge < -0.3 is 5.32 Å². The number of halogens is 5. The SMILES string of the molecule is Cc1cc(Br)cc(Br)c1NC(=O)C(F)(F)F. The third-order valence-electron chi connectivity index (χ3n) is 1.75. The van der Waals surface area contributed by atoms with Gasteiger partial charge in [-0.2, -0.15) is 13.2 Å². The maximum atomic E-state index is 12.0. The molecule has 1 aromatic rings. The van der Waals surface area contributed by atoms with E-state index in [9.17, 15) is 18.0 Å². The largest absolute Gasteiger partial charge is 0.471 e. The molecular formula is C9H6Br2F3NO. The van der Waals surface area contributed by atoms with Crippen molar-refractivity contribution in [3.8, 4) is 0 Å². The van der Waals surface area contributed by atoms with E-state index < -0.39 is 12.1 Å². The number of carbonyl (C=O) groups is 1. The van der Waals surface area contributed by atoms with Crippen molar-refractivity contribution in [1.29, 1.82) is 0 Å². The van der Waals surface area contributed by atoms with E-state index in [1.54, 1.807) is 19.1 Å². The molecule has 0 radical (unpaired) electrons. The van der Waals surface area contributed by atoms with Crippen LogP contribution in [0.25, 0.3) is 0 Å². The minimum absolute atomic E-state index is 0.116. The zero-order valence-electron chi connectivity index (χ0n) is 7.95. The average molecular weight is 361 g/mol. The summed E-state index contributed by atoms with van der Waals surface area (Å²) in [6.07, 6.45) is -4.89.